The Bertz CT molecular complexity index is 1640. The number of rotatable bonds is 6. The molecule has 6 rings (SSSR count). The van der Waals surface area contributed by atoms with Crippen LogP contribution in [0.15, 0.2) is 87.2 Å². The van der Waals surface area contributed by atoms with Crippen molar-refractivity contribution in [3.05, 3.63) is 117 Å². The predicted octanol–water partition coefficient (Wildman–Crippen LogP) is 5.80. The van der Waals surface area contributed by atoms with Gasteiger partial charge in [0.25, 0.3) is 5.91 Å². The quantitative estimate of drug-likeness (QED) is 0.302. The molecule has 0 radical (unpaired) electrons. The zero-order valence-electron chi connectivity index (χ0n) is 23.1. The first-order valence-corrected chi connectivity index (χ1v) is 13.9. The first-order valence-electron chi connectivity index (χ1n) is 13.9. The van der Waals surface area contributed by atoms with Crippen molar-refractivity contribution < 1.29 is 18.0 Å². The van der Waals surface area contributed by atoms with Crippen LogP contribution in [0.4, 0.5) is 8.78 Å². The van der Waals surface area contributed by atoms with Crippen molar-refractivity contribution in [2.75, 3.05) is 19.6 Å². The Balaban J connectivity index is 1.17. The highest BCUT2D eigenvalue weighted by Gasteiger charge is 2.50. The highest BCUT2D eigenvalue weighted by Crippen LogP contribution is 2.41. The molecule has 2 aliphatic rings. The molecule has 0 spiro atoms. The number of hydrogen-bond acceptors (Lipinski definition) is 5. The lowest BCUT2D eigenvalue weighted by Gasteiger charge is -2.34. The van der Waals surface area contributed by atoms with E-state index in [4.69, 9.17) is 9.41 Å². The van der Waals surface area contributed by atoms with Gasteiger partial charge in [-0.15, -0.1) is 0 Å². The van der Waals surface area contributed by atoms with E-state index >= 15 is 0 Å². The van der Waals surface area contributed by atoms with E-state index in [0.29, 0.717) is 46.6 Å². The number of carbonyl (C=O) groups is 1. The zero-order chi connectivity index (χ0) is 28.7. The predicted molar refractivity (Wildman–Crippen MR) is 154 cm³/mol. The molecule has 41 heavy (non-hydrogen) atoms. The molecular formula is C33H31F2N3O3. The number of likely N-dealkylation sites (tertiary alicyclic amines) is 1. The van der Waals surface area contributed by atoms with Gasteiger partial charge >= 0.3 is 0 Å². The van der Waals surface area contributed by atoms with E-state index in [9.17, 15) is 18.4 Å². The Morgan fingerprint density at radius 2 is 1.51 bits per heavy atom. The number of piperidine rings is 1. The third-order valence-electron chi connectivity index (χ3n) is 8.34. The van der Waals surface area contributed by atoms with E-state index in [2.05, 4.69) is 4.90 Å². The highest BCUT2D eigenvalue weighted by molar-refractivity contribution is 6.09. The average molecular weight is 556 g/mol. The molecule has 210 valence electrons. The number of benzene rings is 3. The number of hydrogen-bond donors (Lipinski definition) is 0. The van der Waals surface area contributed by atoms with E-state index in [1.54, 1.807) is 35.4 Å². The van der Waals surface area contributed by atoms with Crippen molar-refractivity contribution in [1.29, 1.82) is 0 Å². The maximum absolute atomic E-state index is 14.1. The van der Waals surface area contributed by atoms with Crippen molar-refractivity contribution in [3.8, 4) is 0 Å². The second-order valence-electron chi connectivity index (χ2n) is 11.1. The summed E-state index contributed by atoms with van der Waals surface area (Å²) < 4.78 is 33.3. The van der Waals surface area contributed by atoms with Crippen molar-refractivity contribution in [2.45, 2.75) is 38.8 Å². The summed E-state index contributed by atoms with van der Waals surface area (Å²) in [5, 5.41) is 0.602. The normalized spacial score (nSPS) is 17.8. The summed E-state index contributed by atoms with van der Waals surface area (Å²) in [6.45, 7) is 6.36. The van der Waals surface area contributed by atoms with Gasteiger partial charge in [0.15, 0.2) is 11.0 Å². The van der Waals surface area contributed by atoms with Gasteiger partial charge in [-0.05, 0) is 93.2 Å². The number of amidine groups is 1. The van der Waals surface area contributed by atoms with Crippen LogP contribution in [0.1, 0.15) is 42.0 Å². The maximum atomic E-state index is 14.1. The molecule has 1 saturated heterocycles. The molecule has 0 N–H and O–H groups in total. The number of aliphatic imine (C=N–C) groups is 1. The lowest BCUT2D eigenvalue weighted by molar-refractivity contribution is -0.130. The van der Waals surface area contributed by atoms with Gasteiger partial charge in [0.2, 0.25) is 0 Å². The van der Waals surface area contributed by atoms with Crippen molar-refractivity contribution in [2.24, 2.45) is 10.9 Å². The summed E-state index contributed by atoms with van der Waals surface area (Å²) in [6, 6.07) is 17.2. The standard InChI is InChI=1S/C33H31F2N3O3/c1-21-3-12-30-29(17-21)31(39)24(20-41-30)19-37-15-13-23(14-16-37)18-38-22(2)36-33(32(38)40,25-4-8-27(34)9-5-25)26-6-10-28(35)11-7-26/h3-12,17,20,23H,13-16,18-19H2,1-2H3. The lowest BCUT2D eigenvalue weighted by Crippen LogP contribution is -2.45. The Labute approximate surface area is 236 Å². The number of aryl methyl sites for hydroxylation is 1. The van der Waals surface area contributed by atoms with Gasteiger partial charge in [-0.3, -0.25) is 19.4 Å². The lowest BCUT2D eigenvalue weighted by atomic mass is 9.82. The summed E-state index contributed by atoms with van der Waals surface area (Å²) >= 11 is 0. The first kappa shape index (κ1) is 27.0. The molecule has 3 heterocycles. The van der Waals surface area contributed by atoms with E-state index in [1.807, 2.05) is 32.0 Å². The van der Waals surface area contributed by atoms with E-state index in [0.717, 1.165) is 31.5 Å². The molecule has 1 fully saturated rings. The van der Waals surface area contributed by atoms with E-state index in [1.165, 1.54) is 24.3 Å². The van der Waals surface area contributed by atoms with Crippen LogP contribution in [0.2, 0.25) is 0 Å². The van der Waals surface area contributed by atoms with Crippen LogP contribution in [0.25, 0.3) is 11.0 Å². The SMILES string of the molecule is CC1=NC(c2ccc(F)cc2)(c2ccc(F)cc2)C(=O)N1CC1CCN(Cc2coc3ccc(C)cc3c2=O)CC1. The molecule has 2 aliphatic heterocycles. The van der Waals surface area contributed by atoms with Gasteiger partial charge < -0.3 is 4.42 Å². The van der Waals surface area contributed by atoms with Gasteiger partial charge in [-0.2, -0.15) is 0 Å². The van der Waals surface area contributed by atoms with Crippen LogP contribution in [0, 0.1) is 24.5 Å². The van der Waals surface area contributed by atoms with Gasteiger partial charge in [0, 0.05) is 18.7 Å². The fraction of sp³-hybridized carbons (Fsp3) is 0.303. The molecule has 6 nitrogen and oxygen atoms in total. The van der Waals surface area contributed by atoms with Crippen LogP contribution in [0.5, 0.6) is 0 Å². The monoisotopic (exact) mass is 555 g/mol. The van der Waals surface area contributed by atoms with Crippen LogP contribution in [-0.4, -0.2) is 41.2 Å². The fourth-order valence-corrected chi connectivity index (χ4v) is 6.05. The molecule has 8 heteroatoms. The number of carbonyl (C=O) groups excluding carboxylic acids is 1. The molecule has 0 unspecified atom stereocenters. The summed E-state index contributed by atoms with van der Waals surface area (Å²) in [7, 11) is 0. The van der Waals surface area contributed by atoms with Gasteiger partial charge in [-0.1, -0.05) is 35.9 Å². The number of halogens is 2. The topological polar surface area (TPSA) is 66.1 Å². The van der Waals surface area contributed by atoms with Crippen molar-refractivity contribution in [3.63, 3.8) is 0 Å². The summed E-state index contributed by atoms with van der Waals surface area (Å²) in [5.74, 6) is -0.216. The Morgan fingerprint density at radius 1 is 0.902 bits per heavy atom. The minimum Gasteiger partial charge on any atom is -0.464 e. The molecule has 1 amide bonds. The van der Waals surface area contributed by atoms with Gasteiger partial charge in [-0.25, -0.2) is 13.8 Å². The molecule has 0 bridgehead atoms. The number of fused-ring (bicyclic) bond motifs is 1. The Morgan fingerprint density at radius 3 is 2.12 bits per heavy atom. The first-order chi connectivity index (χ1) is 19.7. The minimum atomic E-state index is -1.39. The van der Waals surface area contributed by atoms with Crippen LogP contribution >= 0.6 is 0 Å². The minimum absolute atomic E-state index is 0.00417. The van der Waals surface area contributed by atoms with Crippen molar-refractivity contribution >= 4 is 22.7 Å². The van der Waals surface area contributed by atoms with Crippen LogP contribution in [-0.2, 0) is 16.9 Å². The number of amides is 1. The summed E-state index contributed by atoms with van der Waals surface area (Å²) in [6.07, 6.45) is 3.28. The molecule has 0 saturated carbocycles. The largest absolute Gasteiger partial charge is 0.464 e. The third kappa shape index (κ3) is 4.97. The maximum Gasteiger partial charge on any atom is 0.265 e. The van der Waals surface area contributed by atoms with E-state index < -0.39 is 17.2 Å². The Hall–Kier alpha value is -4.17. The number of nitrogens with zero attached hydrogens (tertiary/aromatic N) is 3. The molecule has 0 atom stereocenters. The molecule has 3 aromatic carbocycles. The second kappa shape index (κ2) is 10.7. The fourth-order valence-electron chi connectivity index (χ4n) is 6.05. The molecule has 1 aromatic heterocycles. The van der Waals surface area contributed by atoms with Gasteiger partial charge in [0.1, 0.15) is 23.1 Å². The third-order valence-corrected chi connectivity index (χ3v) is 8.34. The van der Waals surface area contributed by atoms with E-state index in [-0.39, 0.29) is 17.3 Å². The van der Waals surface area contributed by atoms with Crippen LogP contribution in [0.3, 0.4) is 0 Å². The summed E-state index contributed by atoms with van der Waals surface area (Å²) in [5.41, 5.74) is 1.93. The molecular weight excluding hydrogens is 524 g/mol. The van der Waals surface area contributed by atoms with Crippen LogP contribution < -0.4 is 5.43 Å². The second-order valence-corrected chi connectivity index (χ2v) is 11.1. The highest BCUT2D eigenvalue weighted by atomic mass is 19.1. The molecule has 0 aliphatic carbocycles. The van der Waals surface area contributed by atoms with Gasteiger partial charge in [0.05, 0.1) is 11.6 Å². The van der Waals surface area contributed by atoms with Crippen molar-refractivity contribution in [1.82, 2.24) is 9.80 Å². The summed E-state index contributed by atoms with van der Waals surface area (Å²) in [4.78, 5) is 36.0. The Kier molecular flexibility index (Phi) is 7.03. The smallest absolute Gasteiger partial charge is 0.265 e. The zero-order valence-corrected chi connectivity index (χ0v) is 23.1. The molecule has 4 aromatic rings. The average Bonchev–Trinajstić information content (AvgIpc) is 3.22.